The van der Waals surface area contributed by atoms with Crippen LogP contribution >= 0.6 is 0 Å². The summed E-state index contributed by atoms with van der Waals surface area (Å²) in [6.45, 7) is 4.13. The van der Waals surface area contributed by atoms with Gasteiger partial charge in [-0.2, -0.15) is 0 Å². The molecular formula is C21H23NO2. The van der Waals surface area contributed by atoms with Gasteiger partial charge in [0, 0.05) is 25.6 Å². The number of aliphatic hydroxyl groups excluding tert-OH is 1. The lowest BCUT2D eigenvalue weighted by molar-refractivity contribution is -0.117. The fraction of sp³-hybridized carbons (Fsp3) is 0.333. The molecule has 3 heteroatoms. The van der Waals surface area contributed by atoms with Gasteiger partial charge in [0.15, 0.2) is 5.78 Å². The van der Waals surface area contributed by atoms with Crippen molar-refractivity contribution in [3.05, 3.63) is 59.4 Å². The Balaban J connectivity index is 2.02. The average Bonchev–Trinajstić information content (AvgIpc) is 2.53. The van der Waals surface area contributed by atoms with Crippen molar-refractivity contribution in [1.82, 2.24) is 0 Å². The monoisotopic (exact) mass is 321 g/mol. The molecule has 0 amide bonds. The van der Waals surface area contributed by atoms with Crippen molar-refractivity contribution >= 4 is 22.3 Å². The van der Waals surface area contributed by atoms with Crippen LogP contribution in [-0.4, -0.2) is 23.6 Å². The second-order valence-electron chi connectivity index (χ2n) is 7.25. The minimum atomic E-state index is -0.102. The van der Waals surface area contributed by atoms with Gasteiger partial charge in [-0.25, -0.2) is 0 Å². The maximum absolute atomic E-state index is 12.6. The summed E-state index contributed by atoms with van der Waals surface area (Å²) in [7, 11) is 1.69. The average molecular weight is 321 g/mol. The number of carbonyl (C=O) groups is 1. The summed E-state index contributed by atoms with van der Waals surface area (Å²) in [5.74, 6) is 0.122. The SMILES string of the molecule is CN=C1CC(C)(C)CC(=O)C1=C(O)Cc1cccc2ccccc12. The zero-order chi connectivity index (χ0) is 17.3. The van der Waals surface area contributed by atoms with Crippen LogP contribution in [0.15, 0.2) is 58.8 Å². The summed E-state index contributed by atoms with van der Waals surface area (Å²) in [5, 5.41) is 12.9. The molecule has 2 aromatic carbocycles. The Labute approximate surface area is 142 Å². The van der Waals surface area contributed by atoms with Crippen molar-refractivity contribution < 1.29 is 9.90 Å². The van der Waals surface area contributed by atoms with Gasteiger partial charge in [-0.05, 0) is 28.2 Å². The van der Waals surface area contributed by atoms with E-state index in [-0.39, 0.29) is 17.0 Å². The highest BCUT2D eigenvalue weighted by molar-refractivity contribution is 6.24. The van der Waals surface area contributed by atoms with E-state index in [9.17, 15) is 9.90 Å². The number of Topliss-reactive ketones (excluding diaryl/α,β-unsaturated/α-hetero) is 1. The lowest BCUT2D eigenvalue weighted by atomic mass is 9.73. The van der Waals surface area contributed by atoms with Gasteiger partial charge < -0.3 is 5.11 Å². The van der Waals surface area contributed by atoms with Crippen LogP contribution in [0.3, 0.4) is 0 Å². The first-order chi connectivity index (χ1) is 11.4. The highest BCUT2D eigenvalue weighted by Gasteiger charge is 2.35. The molecule has 1 saturated carbocycles. The molecule has 0 atom stereocenters. The number of ketones is 1. The molecule has 0 unspecified atom stereocenters. The summed E-state index contributed by atoms with van der Waals surface area (Å²) in [6, 6.07) is 14.1. The standard InChI is InChI=1S/C21H23NO2/c1-21(2)12-17(22-3)20(19(24)13-21)18(23)11-15-9-6-8-14-7-4-5-10-16(14)15/h4-10,23H,11-13H2,1-3H3. The molecule has 124 valence electrons. The van der Waals surface area contributed by atoms with E-state index in [1.807, 2.05) is 30.3 Å². The number of benzene rings is 2. The number of carbonyl (C=O) groups excluding carboxylic acids is 1. The fourth-order valence-electron chi connectivity index (χ4n) is 3.52. The molecule has 3 nitrogen and oxygen atoms in total. The van der Waals surface area contributed by atoms with Gasteiger partial charge >= 0.3 is 0 Å². The summed E-state index contributed by atoms with van der Waals surface area (Å²) in [5.41, 5.74) is 2.06. The van der Waals surface area contributed by atoms with Crippen LogP contribution in [0.1, 0.15) is 32.3 Å². The van der Waals surface area contributed by atoms with Crippen LogP contribution in [-0.2, 0) is 11.2 Å². The Morgan fingerprint density at radius 3 is 2.58 bits per heavy atom. The molecular weight excluding hydrogens is 298 g/mol. The number of hydrogen-bond acceptors (Lipinski definition) is 3. The summed E-state index contributed by atoms with van der Waals surface area (Å²) < 4.78 is 0. The third kappa shape index (κ3) is 3.12. The number of rotatable bonds is 2. The number of nitrogens with zero attached hydrogens (tertiary/aromatic N) is 1. The van der Waals surface area contributed by atoms with Crippen LogP contribution in [0, 0.1) is 5.41 Å². The highest BCUT2D eigenvalue weighted by atomic mass is 16.3. The van der Waals surface area contributed by atoms with Gasteiger partial charge in [-0.1, -0.05) is 56.3 Å². The van der Waals surface area contributed by atoms with E-state index < -0.39 is 0 Å². The summed E-state index contributed by atoms with van der Waals surface area (Å²) in [6.07, 6.45) is 1.51. The molecule has 0 radical (unpaired) electrons. The van der Waals surface area contributed by atoms with Crippen LogP contribution in [0.2, 0.25) is 0 Å². The lowest BCUT2D eigenvalue weighted by Crippen LogP contribution is -2.32. The Morgan fingerprint density at radius 2 is 1.83 bits per heavy atom. The van der Waals surface area contributed by atoms with E-state index >= 15 is 0 Å². The molecule has 3 rings (SSSR count). The molecule has 0 spiro atoms. The predicted octanol–water partition coefficient (Wildman–Crippen LogP) is 4.65. The van der Waals surface area contributed by atoms with Crippen molar-refractivity contribution in [2.24, 2.45) is 10.4 Å². The van der Waals surface area contributed by atoms with E-state index in [0.717, 1.165) is 16.3 Å². The first-order valence-electron chi connectivity index (χ1n) is 8.29. The van der Waals surface area contributed by atoms with Crippen molar-refractivity contribution in [3.63, 3.8) is 0 Å². The van der Waals surface area contributed by atoms with Crippen molar-refractivity contribution in [1.29, 1.82) is 0 Å². The zero-order valence-electron chi connectivity index (χ0n) is 14.5. The van der Waals surface area contributed by atoms with Gasteiger partial charge in [0.2, 0.25) is 0 Å². The zero-order valence-corrected chi connectivity index (χ0v) is 14.5. The summed E-state index contributed by atoms with van der Waals surface area (Å²) in [4.78, 5) is 16.9. The Hall–Kier alpha value is -2.42. The number of aliphatic imine (C=N–C) groups is 1. The van der Waals surface area contributed by atoms with Crippen molar-refractivity contribution in [3.8, 4) is 0 Å². The first-order valence-corrected chi connectivity index (χ1v) is 8.29. The molecule has 1 N–H and O–H groups in total. The smallest absolute Gasteiger partial charge is 0.168 e. The number of hydrogen-bond donors (Lipinski definition) is 1. The molecule has 1 aliphatic rings. The van der Waals surface area contributed by atoms with Crippen molar-refractivity contribution in [2.75, 3.05) is 7.05 Å². The molecule has 0 heterocycles. The highest BCUT2D eigenvalue weighted by Crippen LogP contribution is 2.35. The molecule has 24 heavy (non-hydrogen) atoms. The van der Waals surface area contributed by atoms with E-state index in [4.69, 9.17) is 0 Å². The second-order valence-corrected chi connectivity index (χ2v) is 7.25. The molecule has 0 aliphatic heterocycles. The third-order valence-electron chi connectivity index (χ3n) is 4.65. The van der Waals surface area contributed by atoms with Gasteiger partial charge in [0.1, 0.15) is 5.76 Å². The Morgan fingerprint density at radius 1 is 1.12 bits per heavy atom. The normalized spacial score (nSPS) is 21.3. The molecule has 2 aromatic rings. The van der Waals surface area contributed by atoms with Gasteiger partial charge in [-0.3, -0.25) is 9.79 Å². The van der Waals surface area contributed by atoms with E-state index in [0.29, 0.717) is 30.5 Å². The van der Waals surface area contributed by atoms with Gasteiger partial charge in [0.05, 0.1) is 5.57 Å². The third-order valence-corrected chi connectivity index (χ3v) is 4.65. The predicted molar refractivity (Wildman–Crippen MR) is 98.7 cm³/mol. The van der Waals surface area contributed by atoms with Crippen molar-refractivity contribution in [2.45, 2.75) is 33.1 Å². The number of aliphatic hydroxyl groups is 1. The Bertz CT molecular complexity index is 854. The fourth-order valence-corrected chi connectivity index (χ4v) is 3.52. The largest absolute Gasteiger partial charge is 0.511 e. The minimum absolute atomic E-state index is 0.00964. The topological polar surface area (TPSA) is 49.7 Å². The first kappa shape index (κ1) is 16.4. The summed E-state index contributed by atoms with van der Waals surface area (Å²) >= 11 is 0. The van der Waals surface area contributed by atoms with Crippen LogP contribution in [0.5, 0.6) is 0 Å². The van der Waals surface area contributed by atoms with Crippen LogP contribution in [0.25, 0.3) is 10.8 Å². The van der Waals surface area contributed by atoms with E-state index in [1.54, 1.807) is 7.05 Å². The Kier molecular flexibility index (Phi) is 4.27. The van der Waals surface area contributed by atoms with E-state index in [1.165, 1.54) is 0 Å². The second kappa shape index (κ2) is 6.23. The molecule has 0 aromatic heterocycles. The maximum atomic E-state index is 12.6. The van der Waals surface area contributed by atoms with Gasteiger partial charge in [0.25, 0.3) is 0 Å². The van der Waals surface area contributed by atoms with Crippen LogP contribution < -0.4 is 0 Å². The minimum Gasteiger partial charge on any atom is -0.511 e. The van der Waals surface area contributed by atoms with Crippen LogP contribution in [0.4, 0.5) is 0 Å². The lowest BCUT2D eigenvalue weighted by Gasteiger charge is -2.31. The number of fused-ring (bicyclic) bond motifs is 1. The number of allylic oxidation sites excluding steroid dienone is 2. The van der Waals surface area contributed by atoms with E-state index in [2.05, 4.69) is 31.0 Å². The maximum Gasteiger partial charge on any atom is 0.168 e. The molecule has 0 saturated heterocycles. The molecule has 0 bridgehead atoms. The molecule has 1 fully saturated rings. The quantitative estimate of drug-likeness (QED) is 0.646. The molecule has 1 aliphatic carbocycles. The van der Waals surface area contributed by atoms with Gasteiger partial charge in [-0.15, -0.1) is 0 Å².